The molecule has 13 nitrogen and oxygen atoms in total. The predicted molar refractivity (Wildman–Crippen MR) is 152 cm³/mol. The van der Waals surface area contributed by atoms with Gasteiger partial charge in [0, 0.05) is 26.0 Å². The lowest BCUT2D eigenvalue weighted by molar-refractivity contribution is -0.136. The molecule has 232 valence electrons. The van der Waals surface area contributed by atoms with Gasteiger partial charge < -0.3 is 29.2 Å². The number of nitrogens with one attached hydrogen (secondary N) is 2. The zero-order chi connectivity index (χ0) is 30.3. The topological polar surface area (TPSA) is 153 Å². The molecular weight excluding hydrogens is 548 g/mol. The molecule has 0 saturated carbocycles. The van der Waals surface area contributed by atoms with Gasteiger partial charge in [-0.2, -0.15) is 0 Å². The molecule has 1 fully saturated rings. The molecule has 2 aliphatic heterocycles. The first kappa shape index (κ1) is 33.3. The van der Waals surface area contributed by atoms with Crippen LogP contribution in [0.5, 0.6) is 0 Å². The number of fused-ring (bicyclic) bond motifs is 1. The van der Waals surface area contributed by atoms with Crippen LogP contribution in [0.3, 0.4) is 0 Å². The molecule has 42 heavy (non-hydrogen) atoms. The highest BCUT2D eigenvalue weighted by atomic mass is 16.6. The SMILES string of the molecule is CN(C)CCOCCOCCOCCOCCCCCC(=O)Nc1cccc2c1C(=O)N(C1CCC(=O)NC1=O)C2=O. The highest BCUT2D eigenvalue weighted by Gasteiger charge is 2.45. The molecule has 0 aromatic heterocycles. The Balaban J connectivity index is 1.24. The van der Waals surface area contributed by atoms with Gasteiger partial charge in [0.25, 0.3) is 11.8 Å². The Kier molecular flexibility index (Phi) is 14.0. The summed E-state index contributed by atoms with van der Waals surface area (Å²) >= 11 is 0. The fourth-order valence-corrected chi connectivity index (χ4v) is 4.51. The van der Waals surface area contributed by atoms with Crippen molar-refractivity contribution < 1.29 is 42.9 Å². The van der Waals surface area contributed by atoms with E-state index in [1.54, 1.807) is 12.1 Å². The second-order valence-electron chi connectivity index (χ2n) is 10.3. The van der Waals surface area contributed by atoms with Gasteiger partial charge in [-0.05, 0) is 45.5 Å². The van der Waals surface area contributed by atoms with Crippen molar-refractivity contribution in [2.24, 2.45) is 0 Å². The number of anilines is 1. The summed E-state index contributed by atoms with van der Waals surface area (Å²) in [4.78, 5) is 65.3. The molecule has 3 rings (SSSR count). The molecule has 1 unspecified atom stereocenters. The van der Waals surface area contributed by atoms with Crippen LogP contribution in [0.4, 0.5) is 5.69 Å². The van der Waals surface area contributed by atoms with Crippen LogP contribution in [0.2, 0.25) is 0 Å². The van der Waals surface area contributed by atoms with E-state index in [1.807, 2.05) is 14.1 Å². The number of nitrogens with zero attached hydrogens (tertiary/aromatic N) is 2. The number of piperidine rings is 1. The van der Waals surface area contributed by atoms with Gasteiger partial charge in [-0.15, -0.1) is 0 Å². The second-order valence-corrected chi connectivity index (χ2v) is 10.3. The molecule has 2 heterocycles. The lowest BCUT2D eigenvalue weighted by Gasteiger charge is -2.27. The Labute approximate surface area is 246 Å². The van der Waals surface area contributed by atoms with Gasteiger partial charge in [0.1, 0.15) is 6.04 Å². The first-order valence-electron chi connectivity index (χ1n) is 14.4. The molecule has 0 radical (unpaired) electrons. The fraction of sp³-hybridized carbons (Fsp3) is 0.621. The van der Waals surface area contributed by atoms with Crippen LogP contribution in [0.1, 0.15) is 59.2 Å². The van der Waals surface area contributed by atoms with Crippen molar-refractivity contribution in [3.05, 3.63) is 29.3 Å². The van der Waals surface area contributed by atoms with E-state index in [-0.39, 0.29) is 42.0 Å². The number of amides is 5. The molecule has 0 spiro atoms. The average Bonchev–Trinajstić information content (AvgIpc) is 3.20. The van der Waals surface area contributed by atoms with Crippen LogP contribution in [0.25, 0.3) is 0 Å². The highest BCUT2D eigenvalue weighted by molar-refractivity contribution is 6.26. The van der Waals surface area contributed by atoms with Gasteiger partial charge in [-0.25, -0.2) is 0 Å². The zero-order valence-corrected chi connectivity index (χ0v) is 24.5. The maximum atomic E-state index is 13.1. The van der Waals surface area contributed by atoms with Gasteiger partial charge >= 0.3 is 0 Å². The van der Waals surface area contributed by atoms with Crippen molar-refractivity contribution in [2.45, 2.75) is 44.6 Å². The summed E-state index contributed by atoms with van der Waals surface area (Å²) in [5.74, 6) is -2.67. The van der Waals surface area contributed by atoms with Gasteiger partial charge in [-0.1, -0.05) is 12.5 Å². The first-order chi connectivity index (χ1) is 20.3. The van der Waals surface area contributed by atoms with Crippen LogP contribution >= 0.6 is 0 Å². The van der Waals surface area contributed by atoms with E-state index in [9.17, 15) is 24.0 Å². The Morgan fingerprint density at radius 3 is 2.17 bits per heavy atom. The number of carbonyl (C=O) groups is 5. The molecule has 2 aliphatic rings. The van der Waals surface area contributed by atoms with Crippen molar-refractivity contribution in [1.82, 2.24) is 15.1 Å². The van der Waals surface area contributed by atoms with Crippen molar-refractivity contribution in [1.29, 1.82) is 0 Å². The third-order valence-electron chi connectivity index (χ3n) is 6.73. The number of hydrogen-bond acceptors (Lipinski definition) is 10. The van der Waals surface area contributed by atoms with Crippen LogP contribution < -0.4 is 10.6 Å². The summed E-state index contributed by atoms with van der Waals surface area (Å²) in [5, 5.41) is 4.90. The molecule has 1 aromatic rings. The van der Waals surface area contributed by atoms with Gasteiger partial charge in [0.2, 0.25) is 17.7 Å². The Morgan fingerprint density at radius 1 is 0.881 bits per heavy atom. The second kappa shape index (κ2) is 17.7. The van der Waals surface area contributed by atoms with E-state index in [1.165, 1.54) is 6.07 Å². The number of ether oxygens (including phenoxy) is 4. The van der Waals surface area contributed by atoms with E-state index in [0.717, 1.165) is 24.3 Å². The molecule has 2 N–H and O–H groups in total. The number of rotatable bonds is 20. The predicted octanol–water partition coefficient (Wildman–Crippen LogP) is 1.21. The monoisotopic (exact) mass is 590 g/mol. The molecule has 13 heteroatoms. The van der Waals surface area contributed by atoms with E-state index in [0.29, 0.717) is 59.3 Å². The van der Waals surface area contributed by atoms with Crippen LogP contribution in [0.15, 0.2) is 18.2 Å². The Bertz CT molecular complexity index is 1090. The maximum Gasteiger partial charge on any atom is 0.264 e. The van der Waals surface area contributed by atoms with Crippen LogP contribution in [-0.2, 0) is 33.3 Å². The smallest absolute Gasteiger partial charge is 0.264 e. The number of carbonyl (C=O) groups excluding carboxylic acids is 5. The van der Waals surface area contributed by atoms with Crippen molar-refractivity contribution >= 4 is 35.2 Å². The molecule has 5 amide bonds. The molecule has 1 saturated heterocycles. The summed E-state index contributed by atoms with van der Waals surface area (Å²) in [6.07, 6.45) is 2.55. The van der Waals surface area contributed by atoms with Gasteiger partial charge in [-0.3, -0.25) is 34.2 Å². The first-order valence-corrected chi connectivity index (χ1v) is 14.4. The number of hydrogen-bond donors (Lipinski definition) is 2. The van der Waals surface area contributed by atoms with Gasteiger partial charge in [0.05, 0.1) is 63.1 Å². The lowest BCUT2D eigenvalue weighted by atomic mass is 10.0. The minimum atomic E-state index is -1.06. The van der Waals surface area contributed by atoms with Crippen molar-refractivity contribution in [3.8, 4) is 0 Å². The summed E-state index contributed by atoms with van der Waals surface area (Å²) in [7, 11) is 4.00. The Morgan fingerprint density at radius 2 is 1.52 bits per heavy atom. The van der Waals surface area contributed by atoms with E-state index in [4.69, 9.17) is 18.9 Å². The minimum Gasteiger partial charge on any atom is -0.379 e. The number of likely N-dealkylation sites (N-methyl/N-ethyl adjacent to an activating group) is 1. The largest absolute Gasteiger partial charge is 0.379 e. The average molecular weight is 591 g/mol. The normalized spacial score (nSPS) is 16.7. The highest BCUT2D eigenvalue weighted by Crippen LogP contribution is 2.32. The summed E-state index contributed by atoms with van der Waals surface area (Å²) in [6, 6.07) is 3.56. The van der Waals surface area contributed by atoms with Crippen molar-refractivity contribution in [2.75, 3.05) is 78.8 Å². The number of imide groups is 2. The maximum absolute atomic E-state index is 13.1. The fourth-order valence-electron chi connectivity index (χ4n) is 4.51. The van der Waals surface area contributed by atoms with E-state index >= 15 is 0 Å². The van der Waals surface area contributed by atoms with Crippen LogP contribution in [-0.4, -0.2) is 119 Å². The third kappa shape index (κ3) is 10.2. The lowest BCUT2D eigenvalue weighted by Crippen LogP contribution is -2.54. The third-order valence-corrected chi connectivity index (χ3v) is 6.73. The molecule has 1 atom stereocenters. The zero-order valence-electron chi connectivity index (χ0n) is 24.5. The molecule has 0 bridgehead atoms. The summed E-state index contributed by atoms with van der Waals surface area (Å²) < 4.78 is 21.9. The molecular formula is C29H42N4O9. The van der Waals surface area contributed by atoms with E-state index in [2.05, 4.69) is 15.5 Å². The van der Waals surface area contributed by atoms with Gasteiger partial charge in [0.15, 0.2) is 0 Å². The van der Waals surface area contributed by atoms with E-state index < -0.39 is 29.7 Å². The standard InChI is InChI=1S/C29H42N4O9/c1-32(2)12-14-40-16-18-42-20-19-41-17-15-39-13-5-3-4-9-24(34)30-22-8-6-7-21-26(22)29(38)33(28(21)37)23-10-11-25(35)31-27(23)36/h6-8,23H,3-5,9-20H2,1-2H3,(H,30,34)(H,31,35,36). The minimum absolute atomic E-state index is 0.0379. The van der Waals surface area contributed by atoms with Crippen LogP contribution in [0, 0.1) is 0 Å². The summed E-state index contributed by atoms with van der Waals surface area (Å²) in [6.45, 7) is 5.21. The number of unbranched alkanes of at least 4 members (excludes halogenated alkanes) is 2. The quantitative estimate of drug-likeness (QED) is 0.167. The Hall–Kier alpha value is -3.23. The number of benzene rings is 1. The molecule has 1 aromatic carbocycles. The molecule has 0 aliphatic carbocycles. The van der Waals surface area contributed by atoms with Crippen molar-refractivity contribution in [3.63, 3.8) is 0 Å². The summed E-state index contributed by atoms with van der Waals surface area (Å²) in [5.41, 5.74) is 0.414.